The van der Waals surface area contributed by atoms with Crippen LogP contribution in [0.2, 0.25) is 0 Å². The van der Waals surface area contributed by atoms with Gasteiger partial charge in [0.1, 0.15) is 0 Å². The minimum absolute atomic E-state index is 0.324. The molecule has 0 spiro atoms. The Bertz CT molecular complexity index is 316. The first-order chi connectivity index (χ1) is 6.81. The molecule has 0 N–H and O–H groups in total. The number of aromatic nitrogens is 1. The molecular weight excluding hydrogens is 198 g/mol. The smallest absolute Gasteiger partial charge is 0.216 e. The summed E-state index contributed by atoms with van der Waals surface area (Å²) < 4.78 is 5.24. The van der Waals surface area contributed by atoms with E-state index in [1.165, 1.54) is 5.56 Å². The van der Waals surface area contributed by atoms with Crippen LogP contribution >= 0.6 is 11.6 Å². The van der Waals surface area contributed by atoms with E-state index in [4.69, 9.17) is 16.3 Å². The van der Waals surface area contributed by atoms with Crippen LogP contribution in [-0.4, -0.2) is 17.5 Å². The first-order valence-corrected chi connectivity index (χ1v) is 5.38. The fourth-order valence-corrected chi connectivity index (χ4v) is 2.43. The van der Waals surface area contributed by atoms with Crippen LogP contribution in [0.4, 0.5) is 0 Å². The molecule has 2 unspecified atom stereocenters. The fraction of sp³-hybridized carbons (Fsp3) is 0.545. The Labute approximate surface area is 89.3 Å². The summed E-state index contributed by atoms with van der Waals surface area (Å²) in [6.07, 6.45) is 5.06. The van der Waals surface area contributed by atoms with Gasteiger partial charge in [0, 0.05) is 17.1 Å². The van der Waals surface area contributed by atoms with E-state index < -0.39 is 0 Å². The summed E-state index contributed by atoms with van der Waals surface area (Å²) in [5.74, 6) is 1.28. The van der Waals surface area contributed by atoms with Gasteiger partial charge in [-0.2, -0.15) is 0 Å². The van der Waals surface area contributed by atoms with Crippen LogP contribution in [0.15, 0.2) is 18.3 Å². The number of hydrogen-bond acceptors (Lipinski definition) is 2. The molecule has 2 nitrogen and oxygen atoms in total. The maximum Gasteiger partial charge on any atom is 0.216 e. The number of rotatable bonds is 2. The Morgan fingerprint density at radius 1 is 1.50 bits per heavy atom. The van der Waals surface area contributed by atoms with Crippen LogP contribution in [0, 0.1) is 0 Å². The van der Waals surface area contributed by atoms with E-state index in [9.17, 15) is 0 Å². The molecule has 1 heterocycles. The van der Waals surface area contributed by atoms with E-state index in [0.717, 1.165) is 25.1 Å². The van der Waals surface area contributed by atoms with E-state index >= 15 is 0 Å². The number of pyridine rings is 1. The molecule has 0 radical (unpaired) electrons. The zero-order valence-electron chi connectivity index (χ0n) is 8.24. The highest BCUT2D eigenvalue weighted by Crippen LogP contribution is 2.39. The summed E-state index contributed by atoms with van der Waals surface area (Å²) >= 11 is 6.09. The van der Waals surface area contributed by atoms with Crippen LogP contribution < -0.4 is 4.74 Å². The lowest BCUT2D eigenvalue weighted by Gasteiger charge is -2.12. The number of alkyl halides is 1. The first-order valence-electron chi connectivity index (χ1n) is 4.94. The van der Waals surface area contributed by atoms with Crippen molar-refractivity contribution in [2.24, 2.45) is 0 Å². The number of hydrogen-bond donors (Lipinski definition) is 0. The third-order valence-electron chi connectivity index (χ3n) is 2.80. The van der Waals surface area contributed by atoms with Crippen LogP contribution in [0.3, 0.4) is 0 Å². The van der Waals surface area contributed by atoms with Gasteiger partial charge in [0.25, 0.3) is 0 Å². The fourth-order valence-electron chi connectivity index (χ4n) is 2.09. The second kappa shape index (κ2) is 4.18. The van der Waals surface area contributed by atoms with Crippen molar-refractivity contribution in [2.75, 3.05) is 7.11 Å². The molecule has 14 heavy (non-hydrogen) atoms. The minimum Gasteiger partial charge on any atom is -0.481 e. The molecular formula is C11H14ClNO. The van der Waals surface area contributed by atoms with Crippen molar-refractivity contribution in [3.63, 3.8) is 0 Å². The Hall–Kier alpha value is -0.760. The Balaban J connectivity index is 2.22. The molecule has 1 aromatic rings. The van der Waals surface area contributed by atoms with E-state index in [1.54, 1.807) is 13.3 Å². The maximum absolute atomic E-state index is 6.09. The van der Waals surface area contributed by atoms with Crippen molar-refractivity contribution >= 4 is 11.6 Å². The Kier molecular flexibility index (Phi) is 2.92. The lowest BCUT2D eigenvalue weighted by molar-refractivity contribution is 0.388. The number of nitrogens with zero attached hydrogens (tertiary/aromatic N) is 1. The van der Waals surface area contributed by atoms with Gasteiger partial charge in [-0.3, -0.25) is 0 Å². The highest BCUT2D eigenvalue weighted by atomic mass is 35.5. The Morgan fingerprint density at radius 3 is 3.00 bits per heavy atom. The first kappa shape index (κ1) is 9.78. The molecule has 0 amide bonds. The SMILES string of the molecule is COc1ncccc1C1CCC(Cl)C1. The zero-order valence-corrected chi connectivity index (χ0v) is 9.00. The second-order valence-electron chi connectivity index (χ2n) is 3.71. The molecule has 3 heteroatoms. The summed E-state index contributed by atoms with van der Waals surface area (Å²) in [6.45, 7) is 0. The van der Waals surface area contributed by atoms with E-state index in [1.807, 2.05) is 6.07 Å². The predicted octanol–water partition coefficient (Wildman–Crippen LogP) is 2.97. The highest BCUT2D eigenvalue weighted by Gasteiger charge is 2.26. The van der Waals surface area contributed by atoms with Crippen LogP contribution in [0.25, 0.3) is 0 Å². The summed E-state index contributed by atoms with van der Waals surface area (Å²) in [5, 5.41) is 0.324. The summed E-state index contributed by atoms with van der Waals surface area (Å²) in [6, 6.07) is 4.05. The lowest BCUT2D eigenvalue weighted by Crippen LogP contribution is -1.99. The van der Waals surface area contributed by atoms with E-state index in [-0.39, 0.29) is 0 Å². The molecule has 76 valence electrons. The molecule has 0 aromatic carbocycles. The van der Waals surface area contributed by atoms with E-state index in [2.05, 4.69) is 11.1 Å². The van der Waals surface area contributed by atoms with Gasteiger partial charge in [-0.05, 0) is 31.2 Å². The third-order valence-corrected chi connectivity index (χ3v) is 3.20. The second-order valence-corrected chi connectivity index (χ2v) is 4.33. The number of halogens is 1. The maximum atomic E-state index is 6.09. The summed E-state index contributed by atoms with van der Waals surface area (Å²) in [5.41, 5.74) is 1.21. The van der Waals surface area contributed by atoms with Crippen molar-refractivity contribution in [1.82, 2.24) is 4.98 Å². The van der Waals surface area contributed by atoms with Crippen LogP contribution in [-0.2, 0) is 0 Å². The van der Waals surface area contributed by atoms with Gasteiger partial charge >= 0.3 is 0 Å². The molecule has 1 saturated carbocycles. The lowest BCUT2D eigenvalue weighted by atomic mass is 9.99. The molecule has 2 atom stereocenters. The summed E-state index contributed by atoms with van der Waals surface area (Å²) in [7, 11) is 1.67. The molecule has 0 bridgehead atoms. The molecule has 1 aliphatic carbocycles. The highest BCUT2D eigenvalue weighted by molar-refractivity contribution is 6.20. The molecule has 1 fully saturated rings. The molecule has 0 aliphatic heterocycles. The number of ether oxygens (including phenoxy) is 1. The van der Waals surface area contributed by atoms with Crippen LogP contribution in [0.1, 0.15) is 30.7 Å². The van der Waals surface area contributed by atoms with Gasteiger partial charge in [0.2, 0.25) is 5.88 Å². The van der Waals surface area contributed by atoms with Gasteiger partial charge in [0.15, 0.2) is 0 Å². The molecule has 0 saturated heterocycles. The summed E-state index contributed by atoms with van der Waals surface area (Å²) in [4.78, 5) is 4.20. The van der Waals surface area contributed by atoms with E-state index in [0.29, 0.717) is 11.3 Å². The molecule has 2 rings (SSSR count). The van der Waals surface area contributed by atoms with Crippen molar-refractivity contribution < 1.29 is 4.74 Å². The van der Waals surface area contributed by atoms with Gasteiger partial charge in [-0.25, -0.2) is 4.98 Å². The quantitative estimate of drug-likeness (QED) is 0.702. The monoisotopic (exact) mass is 211 g/mol. The van der Waals surface area contributed by atoms with Gasteiger partial charge in [-0.1, -0.05) is 6.07 Å². The molecule has 1 aliphatic rings. The normalized spacial score (nSPS) is 26.4. The van der Waals surface area contributed by atoms with Gasteiger partial charge < -0.3 is 4.74 Å². The third kappa shape index (κ3) is 1.85. The predicted molar refractivity (Wildman–Crippen MR) is 57.0 cm³/mol. The topological polar surface area (TPSA) is 22.1 Å². The standard InChI is InChI=1S/C11H14ClNO/c1-14-11-10(3-2-6-13-11)8-4-5-9(12)7-8/h2-3,6,8-9H,4-5,7H2,1H3. The number of methoxy groups -OCH3 is 1. The zero-order chi connectivity index (χ0) is 9.97. The average Bonchev–Trinajstić information content (AvgIpc) is 2.65. The van der Waals surface area contributed by atoms with Gasteiger partial charge in [-0.15, -0.1) is 11.6 Å². The average molecular weight is 212 g/mol. The van der Waals surface area contributed by atoms with Crippen LogP contribution in [0.5, 0.6) is 5.88 Å². The van der Waals surface area contributed by atoms with Crippen molar-refractivity contribution in [2.45, 2.75) is 30.6 Å². The van der Waals surface area contributed by atoms with Gasteiger partial charge in [0.05, 0.1) is 7.11 Å². The molecule has 1 aromatic heterocycles. The van der Waals surface area contributed by atoms with Crippen molar-refractivity contribution in [1.29, 1.82) is 0 Å². The largest absolute Gasteiger partial charge is 0.481 e. The van der Waals surface area contributed by atoms with Crippen molar-refractivity contribution in [3.05, 3.63) is 23.9 Å². The van der Waals surface area contributed by atoms with Crippen molar-refractivity contribution in [3.8, 4) is 5.88 Å². The minimum atomic E-state index is 0.324. The Morgan fingerprint density at radius 2 is 2.36 bits per heavy atom.